The second-order valence-corrected chi connectivity index (χ2v) is 12.7. The van der Waals surface area contributed by atoms with E-state index in [0.717, 1.165) is 19.4 Å². The molecule has 3 aromatic rings. The number of ether oxygens (including phenoxy) is 2. The Morgan fingerprint density at radius 1 is 1.11 bits per heavy atom. The van der Waals surface area contributed by atoms with Crippen LogP contribution in [0.5, 0.6) is 11.5 Å². The van der Waals surface area contributed by atoms with Gasteiger partial charge in [-0.2, -0.15) is 10.2 Å². The molecule has 1 saturated heterocycles. The Kier molecular flexibility index (Phi) is 9.58. The first-order chi connectivity index (χ1) is 21.5. The van der Waals surface area contributed by atoms with Crippen molar-refractivity contribution in [2.75, 3.05) is 59.3 Å². The summed E-state index contributed by atoms with van der Waals surface area (Å²) in [6.07, 6.45) is 5.28. The third-order valence-corrected chi connectivity index (χ3v) is 9.16. The maximum absolute atomic E-state index is 14.4. The maximum Gasteiger partial charge on any atom is 0.264 e. The van der Waals surface area contributed by atoms with E-state index in [1.54, 1.807) is 40.9 Å². The summed E-state index contributed by atoms with van der Waals surface area (Å²) < 4.78 is 12.6. The fraction of sp³-hybridized carbons (Fsp3) is 0.469. The first-order valence-electron chi connectivity index (χ1n) is 14.9. The van der Waals surface area contributed by atoms with E-state index in [-0.39, 0.29) is 38.4 Å². The number of halogens is 2. The second-order valence-electron chi connectivity index (χ2n) is 12.0. The molecule has 5 rings (SSSR count). The van der Waals surface area contributed by atoms with E-state index in [1.807, 2.05) is 13.8 Å². The molecule has 2 fully saturated rings. The fourth-order valence-electron chi connectivity index (χ4n) is 5.85. The number of hydrogen-bond acceptors (Lipinski definition) is 9. The highest BCUT2D eigenvalue weighted by Crippen LogP contribution is 2.49. The molecule has 45 heavy (non-hydrogen) atoms. The van der Waals surface area contributed by atoms with Crippen LogP contribution >= 0.6 is 23.2 Å². The number of nitriles is 1. The van der Waals surface area contributed by atoms with Gasteiger partial charge >= 0.3 is 0 Å². The first kappa shape index (κ1) is 32.5. The number of carbonyl (C=O) groups is 1. The van der Waals surface area contributed by atoms with Crippen LogP contribution in [0.2, 0.25) is 10.0 Å². The number of nitrogens with one attached hydrogen (secondary N) is 1. The minimum atomic E-state index is -0.287. The quantitative estimate of drug-likeness (QED) is 0.241. The lowest BCUT2D eigenvalue weighted by Gasteiger charge is -2.36. The zero-order valence-corrected chi connectivity index (χ0v) is 27.6. The molecule has 0 atom stereocenters. The summed E-state index contributed by atoms with van der Waals surface area (Å²) in [7, 11) is 4.70. The van der Waals surface area contributed by atoms with Gasteiger partial charge in [0.2, 0.25) is 5.95 Å². The molecule has 1 aliphatic carbocycles. The molecule has 1 amide bonds. The summed E-state index contributed by atoms with van der Waals surface area (Å²) in [5.74, 6) is 0.965. The monoisotopic (exact) mass is 653 g/mol. The molecule has 11 nitrogen and oxygen atoms in total. The minimum Gasteiger partial charge on any atom is -0.495 e. The van der Waals surface area contributed by atoms with Gasteiger partial charge in [-0.1, -0.05) is 43.1 Å². The van der Waals surface area contributed by atoms with E-state index >= 15 is 0 Å². The number of anilines is 1. The predicted molar refractivity (Wildman–Crippen MR) is 175 cm³/mol. The number of carbonyl (C=O) groups excluding carboxylic acids is 1. The second kappa shape index (κ2) is 13.3. The highest BCUT2D eigenvalue weighted by Gasteiger charge is 2.45. The van der Waals surface area contributed by atoms with Crippen LogP contribution in [-0.4, -0.2) is 84.2 Å². The summed E-state index contributed by atoms with van der Waals surface area (Å²) in [5.41, 5.74) is 0.877. The van der Waals surface area contributed by atoms with Crippen molar-refractivity contribution in [3.63, 3.8) is 0 Å². The topological polar surface area (TPSA) is 126 Å². The van der Waals surface area contributed by atoms with Crippen LogP contribution in [0.1, 0.15) is 26.7 Å². The van der Waals surface area contributed by atoms with Crippen LogP contribution < -0.4 is 20.3 Å². The predicted octanol–water partition coefficient (Wildman–Crippen LogP) is 4.85. The van der Waals surface area contributed by atoms with E-state index in [9.17, 15) is 14.9 Å². The molecule has 0 unspecified atom stereocenters. The summed E-state index contributed by atoms with van der Waals surface area (Å²) in [5, 5.41) is 13.5. The molecule has 0 radical (unpaired) electrons. The highest BCUT2D eigenvalue weighted by molar-refractivity contribution is 6.41. The molecule has 0 bridgehead atoms. The summed E-state index contributed by atoms with van der Waals surface area (Å²) in [6, 6.07) is 5.35. The number of rotatable bonds is 10. The molecule has 2 aliphatic rings. The molecule has 238 valence electrons. The van der Waals surface area contributed by atoms with E-state index in [2.05, 4.69) is 26.3 Å². The van der Waals surface area contributed by atoms with Crippen LogP contribution in [0.4, 0.5) is 5.95 Å². The molecular formula is C32H37Cl2N7O4. The van der Waals surface area contributed by atoms with Crippen LogP contribution in [0.3, 0.4) is 0 Å². The number of nitrogens with zero attached hydrogens (tertiary/aromatic N) is 6. The Balaban J connectivity index is 1.47. The molecule has 0 spiro atoms. The first-order valence-corrected chi connectivity index (χ1v) is 15.6. The number of aromatic nitrogens is 3. The van der Waals surface area contributed by atoms with Gasteiger partial charge in [-0.15, -0.1) is 0 Å². The molecule has 1 N–H and O–H groups in total. The Morgan fingerprint density at radius 2 is 1.76 bits per heavy atom. The van der Waals surface area contributed by atoms with Crippen LogP contribution in [0.25, 0.3) is 22.2 Å². The van der Waals surface area contributed by atoms with Gasteiger partial charge in [-0.05, 0) is 24.8 Å². The van der Waals surface area contributed by atoms with Crippen molar-refractivity contribution in [3.8, 4) is 28.7 Å². The molecule has 2 aromatic heterocycles. The normalized spacial score (nSPS) is 16.5. The Labute approximate surface area is 272 Å². The molecule has 1 saturated carbocycles. The van der Waals surface area contributed by atoms with Gasteiger partial charge in [0.1, 0.15) is 28.8 Å². The number of methoxy groups -OCH3 is 2. The number of allylic oxidation sites excluding steroid dienone is 1. The molecule has 1 aromatic carbocycles. The lowest BCUT2D eigenvalue weighted by molar-refractivity contribution is -0.128. The minimum absolute atomic E-state index is 0.116. The summed E-state index contributed by atoms with van der Waals surface area (Å²) in [6.45, 7) is 7.54. The molecule has 1 aliphatic heterocycles. The third kappa shape index (κ3) is 6.59. The van der Waals surface area contributed by atoms with E-state index in [4.69, 9.17) is 32.7 Å². The summed E-state index contributed by atoms with van der Waals surface area (Å²) >= 11 is 13.5. The van der Waals surface area contributed by atoms with Crippen molar-refractivity contribution in [2.24, 2.45) is 11.3 Å². The van der Waals surface area contributed by atoms with Gasteiger partial charge < -0.3 is 19.7 Å². The average Bonchev–Trinajstić information content (AvgIpc) is 3.80. The highest BCUT2D eigenvalue weighted by atomic mass is 35.5. The van der Waals surface area contributed by atoms with Crippen molar-refractivity contribution in [3.05, 3.63) is 50.4 Å². The van der Waals surface area contributed by atoms with Gasteiger partial charge in [0.05, 0.1) is 29.8 Å². The zero-order valence-electron chi connectivity index (χ0n) is 26.1. The van der Waals surface area contributed by atoms with Crippen molar-refractivity contribution in [2.45, 2.75) is 33.2 Å². The summed E-state index contributed by atoms with van der Waals surface area (Å²) in [4.78, 5) is 40.4. The standard InChI is InChI=1S/C32H37Cl2N7O4/c1-19(2)12-20(15-35)29(42)40-10-8-39(9-11-40)17-32(6-7-32)18-41-28-21(16-37-31(36-3)38-28)13-22(30(41)43)25-26(33)23(44-4)14-24(45-5)27(25)34/h12-14,16,19H,6-11,17-18H2,1-5H3,(H,36,37,38). The maximum atomic E-state index is 14.4. The van der Waals surface area contributed by atoms with Crippen molar-refractivity contribution in [1.29, 1.82) is 5.26 Å². The lowest BCUT2D eigenvalue weighted by Crippen LogP contribution is -2.50. The van der Waals surface area contributed by atoms with Gasteiger partial charge in [0, 0.05) is 74.9 Å². The number of pyridine rings is 1. The van der Waals surface area contributed by atoms with Gasteiger partial charge in [0.15, 0.2) is 0 Å². The van der Waals surface area contributed by atoms with Crippen LogP contribution in [-0.2, 0) is 11.3 Å². The van der Waals surface area contributed by atoms with E-state index in [1.165, 1.54) is 14.2 Å². The van der Waals surface area contributed by atoms with Crippen molar-refractivity contribution in [1.82, 2.24) is 24.3 Å². The van der Waals surface area contributed by atoms with Gasteiger partial charge in [0.25, 0.3) is 11.5 Å². The lowest BCUT2D eigenvalue weighted by atomic mass is 10.0. The van der Waals surface area contributed by atoms with Gasteiger partial charge in [-0.25, -0.2) is 4.98 Å². The smallest absolute Gasteiger partial charge is 0.264 e. The Morgan fingerprint density at radius 3 is 2.29 bits per heavy atom. The number of benzene rings is 1. The number of fused-ring (bicyclic) bond motifs is 1. The van der Waals surface area contributed by atoms with Crippen molar-refractivity contribution >= 4 is 46.1 Å². The molecule has 3 heterocycles. The van der Waals surface area contributed by atoms with E-state index < -0.39 is 0 Å². The Bertz CT molecular complexity index is 1720. The zero-order chi connectivity index (χ0) is 32.5. The third-order valence-electron chi connectivity index (χ3n) is 8.41. The molecule has 13 heteroatoms. The van der Waals surface area contributed by atoms with Crippen molar-refractivity contribution < 1.29 is 14.3 Å². The average molecular weight is 655 g/mol. The largest absolute Gasteiger partial charge is 0.495 e. The van der Waals surface area contributed by atoms with Crippen LogP contribution in [0.15, 0.2) is 34.8 Å². The number of piperazine rings is 1. The number of amides is 1. The van der Waals surface area contributed by atoms with Gasteiger partial charge in [-0.3, -0.25) is 19.1 Å². The Hall–Kier alpha value is -3.85. The molecular weight excluding hydrogens is 617 g/mol. The van der Waals surface area contributed by atoms with E-state index in [0.29, 0.717) is 72.3 Å². The van der Waals surface area contributed by atoms with Crippen LogP contribution in [0, 0.1) is 22.7 Å². The fourth-order valence-corrected chi connectivity index (χ4v) is 6.55. The number of hydrogen-bond donors (Lipinski definition) is 1. The SMILES string of the molecule is CNc1ncc2cc(-c3c(Cl)c(OC)cc(OC)c3Cl)c(=O)n(CC3(CN4CCN(C(=O)C(C#N)=CC(C)C)CC4)CC3)c2n1.